The number of unbranched alkanes of at least 4 members (excludes halogenated alkanes) is 1. The number of rotatable bonds is 13. The average molecular weight is 376 g/mol. The number of Topliss-reactive ketones (excluding diaryl/α,β-unsaturated/α-hetero) is 1. The molecule has 0 bridgehead atoms. The summed E-state index contributed by atoms with van der Waals surface area (Å²) in [4.78, 5) is 25.9. The van der Waals surface area contributed by atoms with Crippen molar-refractivity contribution in [1.29, 1.82) is 0 Å². The molecule has 1 aromatic rings. The average Bonchev–Trinajstić information content (AvgIpc) is 2.69. The molecule has 0 aliphatic carbocycles. The lowest BCUT2D eigenvalue weighted by Crippen LogP contribution is -2.30. The van der Waals surface area contributed by atoms with E-state index in [1.807, 2.05) is 18.2 Å². The third-order valence-electron chi connectivity index (χ3n) is 4.78. The van der Waals surface area contributed by atoms with Gasteiger partial charge in [0.1, 0.15) is 13.0 Å². The van der Waals surface area contributed by atoms with E-state index in [1.54, 1.807) is 0 Å². The quantitative estimate of drug-likeness (QED) is 0.300. The smallest absolute Gasteiger partial charge is 0.313 e. The zero-order chi connectivity index (χ0) is 19.2. The molecule has 1 saturated heterocycles. The van der Waals surface area contributed by atoms with Crippen molar-refractivity contribution in [2.75, 3.05) is 39.5 Å². The largest absolute Gasteiger partial charge is 0.465 e. The summed E-state index contributed by atoms with van der Waals surface area (Å²) < 4.78 is 10.5. The van der Waals surface area contributed by atoms with Crippen LogP contribution in [-0.2, 0) is 25.5 Å². The number of esters is 1. The number of hydrogen-bond donors (Lipinski definition) is 0. The summed E-state index contributed by atoms with van der Waals surface area (Å²) in [6.07, 6.45) is 7.46. The Bertz CT molecular complexity index is 541. The van der Waals surface area contributed by atoms with Gasteiger partial charge in [0.05, 0.1) is 6.61 Å². The molecule has 150 valence electrons. The van der Waals surface area contributed by atoms with Crippen molar-refractivity contribution in [2.45, 2.75) is 51.4 Å². The van der Waals surface area contributed by atoms with Crippen molar-refractivity contribution in [3.8, 4) is 0 Å². The topological polar surface area (TPSA) is 55.8 Å². The van der Waals surface area contributed by atoms with Crippen LogP contribution in [0.3, 0.4) is 0 Å². The van der Waals surface area contributed by atoms with E-state index >= 15 is 0 Å². The maximum atomic E-state index is 11.8. The number of likely N-dealkylation sites (tertiary alicyclic amines) is 1. The molecular weight excluding hydrogens is 342 g/mol. The van der Waals surface area contributed by atoms with Gasteiger partial charge in [0.2, 0.25) is 0 Å². The third kappa shape index (κ3) is 10.3. The molecule has 1 aliphatic heterocycles. The highest BCUT2D eigenvalue weighted by Gasteiger charge is 2.11. The molecule has 0 amide bonds. The number of piperidine rings is 1. The number of carbonyl (C=O) groups is 2. The van der Waals surface area contributed by atoms with Gasteiger partial charge in [-0.05, 0) is 63.7 Å². The Labute approximate surface area is 163 Å². The number of ketones is 1. The van der Waals surface area contributed by atoms with Gasteiger partial charge in [-0.2, -0.15) is 0 Å². The molecule has 1 heterocycles. The Morgan fingerprint density at radius 1 is 0.926 bits per heavy atom. The zero-order valence-corrected chi connectivity index (χ0v) is 16.4. The molecule has 1 fully saturated rings. The standard InChI is InChI=1S/C22H33NO4/c24-21(19-26-16-8-7-15-23-13-5-2-6-14-23)18-22(25)27-17-9-12-20-10-3-1-4-11-20/h1,3-4,10-11H,2,5-9,12-19H2. The van der Waals surface area contributed by atoms with E-state index in [1.165, 1.54) is 37.9 Å². The molecule has 0 spiro atoms. The van der Waals surface area contributed by atoms with Gasteiger partial charge >= 0.3 is 5.97 Å². The van der Waals surface area contributed by atoms with Gasteiger partial charge in [0.15, 0.2) is 5.78 Å². The second kappa shape index (κ2) is 13.4. The summed E-state index contributed by atoms with van der Waals surface area (Å²) in [5.41, 5.74) is 1.22. The van der Waals surface area contributed by atoms with Crippen molar-refractivity contribution in [3.63, 3.8) is 0 Å². The Morgan fingerprint density at radius 2 is 1.70 bits per heavy atom. The number of aryl methyl sites for hydroxylation is 1. The van der Waals surface area contributed by atoms with Crippen LogP contribution in [0.2, 0.25) is 0 Å². The number of nitrogens with zero attached hydrogens (tertiary/aromatic N) is 1. The van der Waals surface area contributed by atoms with Gasteiger partial charge < -0.3 is 14.4 Å². The number of carbonyl (C=O) groups excluding carboxylic acids is 2. The van der Waals surface area contributed by atoms with Crippen LogP contribution >= 0.6 is 0 Å². The minimum absolute atomic E-state index is 0.00281. The number of ether oxygens (including phenoxy) is 2. The molecule has 0 N–H and O–H groups in total. The minimum atomic E-state index is -0.457. The highest BCUT2D eigenvalue weighted by molar-refractivity contribution is 5.96. The summed E-state index contributed by atoms with van der Waals surface area (Å²) in [5, 5.41) is 0. The van der Waals surface area contributed by atoms with E-state index in [0.717, 1.165) is 32.2 Å². The van der Waals surface area contributed by atoms with E-state index in [9.17, 15) is 9.59 Å². The summed E-state index contributed by atoms with van der Waals surface area (Å²) in [5.74, 6) is -0.666. The number of benzene rings is 1. The fourth-order valence-corrected chi connectivity index (χ4v) is 3.28. The van der Waals surface area contributed by atoms with Crippen LogP contribution in [0.25, 0.3) is 0 Å². The van der Waals surface area contributed by atoms with E-state index < -0.39 is 5.97 Å². The van der Waals surface area contributed by atoms with Gasteiger partial charge in [0, 0.05) is 6.61 Å². The van der Waals surface area contributed by atoms with Gasteiger partial charge in [-0.3, -0.25) is 9.59 Å². The van der Waals surface area contributed by atoms with Crippen LogP contribution < -0.4 is 0 Å². The van der Waals surface area contributed by atoms with E-state index in [0.29, 0.717) is 13.2 Å². The second-order valence-electron chi connectivity index (χ2n) is 7.19. The molecule has 1 aliphatic rings. The highest BCUT2D eigenvalue weighted by Crippen LogP contribution is 2.09. The molecule has 27 heavy (non-hydrogen) atoms. The van der Waals surface area contributed by atoms with Crippen LogP contribution in [0.15, 0.2) is 30.3 Å². The Morgan fingerprint density at radius 3 is 2.48 bits per heavy atom. The minimum Gasteiger partial charge on any atom is -0.465 e. The summed E-state index contributed by atoms with van der Waals surface area (Å²) in [6, 6.07) is 10.1. The van der Waals surface area contributed by atoms with Gasteiger partial charge in [0.25, 0.3) is 0 Å². The maximum absolute atomic E-state index is 11.8. The molecule has 5 nitrogen and oxygen atoms in total. The first-order chi connectivity index (χ1) is 13.2. The van der Waals surface area contributed by atoms with Gasteiger partial charge in [-0.15, -0.1) is 0 Å². The second-order valence-corrected chi connectivity index (χ2v) is 7.19. The molecule has 0 unspecified atom stereocenters. The Balaban J connectivity index is 1.41. The Hall–Kier alpha value is -1.72. The lowest BCUT2D eigenvalue weighted by molar-refractivity contribution is -0.147. The van der Waals surface area contributed by atoms with Crippen LogP contribution in [0.5, 0.6) is 0 Å². The molecule has 0 saturated carbocycles. The molecule has 0 radical (unpaired) electrons. The van der Waals surface area contributed by atoms with Crippen molar-refractivity contribution in [1.82, 2.24) is 4.90 Å². The van der Waals surface area contributed by atoms with E-state index in [2.05, 4.69) is 17.0 Å². The zero-order valence-electron chi connectivity index (χ0n) is 16.4. The fraction of sp³-hybridized carbons (Fsp3) is 0.636. The van der Waals surface area contributed by atoms with Crippen LogP contribution in [0.1, 0.15) is 50.5 Å². The Kier molecular flexibility index (Phi) is 10.7. The van der Waals surface area contributed by atoms with Crippen molar-refractivity contribution in [3.05, 3.63) is 35.9 Å². The molecule has 0 aromatic heterocycles. The fourth-order valence-electron chi connectivity index (χ4n) is 3.28. The van der Waals surface area contributed by atoms with Crippen molar-refractivity contribution < 1.29 is 19.1 Å². The van der Waals surface area contributed by atoms with E-state index in [4.69, 9.17) is 9.47 Å². The predicted octanol–water partition coefficient (Wildman–Crippen LogP) is 3.40. The SMILES string of the molecule is O=C(COCCCCN1CCCCC1)CC(=O)OCCCc1ccccc1. The normalized spacial score (nSPS) is 14.8. The van der Waals surface area contributed by atoms with E-state index in [-0.39, 0.29) is 18.8 Å². The number of hydrogen-bond acceptors (Lipinski definition) is 5. The monoisotopic (exact) mass is 375 g/mol. The van der Waals surface area contributed by atoms with Crippen molar-refractivity contribution in [2.24, 2.45) is 0 Å². The van der Waals surface area contributed by atoms with Crippen LogP contribution in [-0.4, -0.2) is 56.1 Å². The third-order valence-corrected chi connectivity index (χ3v) is 4.78. The first kappa shape index (κ1) is 21.6. The summed E-state index contributed by atoms with van der Waals surface area (Å²) in [6.45, 7) is 4.47. The molecule has 0 atom stereocenters. The van der Waals surface area contributed by atoms with Crippen LogP contribution in [0, 0.1) is 0 Å². The molecule has 1 aromatic carbocycles. The lowest BCUT2D eigenvalue weighted by Gasteiger charge is -2.26. The van der Waals surface area contributed by atoms with Crippen molar-refractivity contribution >= 4 is 11.8 Å². The first-order valence-corrected chi connectivity index (χ1v) is 10.3. The maximum Gasteiger partial charge on any atom is 0.313 e. The highest BCUT2D eigenvalue weighted by atomic mass is 16.5. The summed E-state index contributed by atoms with van der Waals surface area (Å²) >= 11 is 0. The van der Waals surface area contributed by atoms with Crippen LogP contribution in [0.4, 0.5) is 0 Å². The molecule has 5 heteroatoms. The molecular formula is C22H33NO4. The van der Waals surface area contributed by atoms with Gasteiger partial charge in [-0.25, -0.2) is 0 Å². The predicted molar refractivity (Wildman–Crippen MR) is 106 cm³/mol. The molecule has 2 rings (SSSR count). The first-order valence-electron chi connectivity index (χ1n) is 10.3. The lowest BCUT2D eigenvalue weighted by atomic mass is 10.1. The van der Waals surface area contributed by atoms with Gasteiger partial charge in [-0.1, -0.05) is 36.8 Å². The summed E-state index contributed by atoms with van der Waals surface area (Å²) in [7, 11) is 0.